The zero-order chi connectivity index (χ0) is 18.2. The van der Waals surface area contributed by atoms with Crippen LogP contribution in [0.4, 0.5) is 0 Å². The van der Waals surface area contributed by atoms with Crippen LogP contribution in [-0.2, 0) is 9.53 Å². The summed E-state index contributed by atoms with van der Waals surface area (Å²) in [5.74, 6) is -0.0216. The SMILES string of the molecule is COC(=O)CCN(C(=O)c1ccccc1OC)C(C)c1ccccc1. The Kier molecular flexibility index (Phi) is 6.57. The van der Waals surface area contributed by atoms with E-state index >= 15 is 0 Å². The Labute approximate surface area is 148 Å². The molecule has 0 spiro atoms. The number of benzene rings is 2. The average Bonchev–Trinajstić information content (AvgIpc) is 2.68. The minimum absolute atomic E-state index is 0.133. The van der Waals surface area contributed by atoms with Crippen molar-refractivity contribution in [1.82, 2.24) is 4.90 Å². The number of hydrogen-bond acceptors (Lipinski definition) is 4. The maximum atomic E-state index is 13.1. The van der Waals surface area contributed by atoms with Crippen LogP contribution in [0, 0.1) is 0 Å². The lowest BCUT2D eigenvalue weighted by Gasteiger charge is -2.30. The Hall–Kier alpha value is -2.82. The maximum Gasteiger partial charge on any atom is 0.307 e. The third-order valence-electron chi connectivity index (χ3n) is 4.13. The molecule has 0 aromatic heterocycles. The van der Waals surface area contributed by atoms with Crippen LogP contribution in [0.3, 0.4) is 0 Å². The van der Waals surface area contributed by atoms with E-state index in [0.29, 0.717) is 11.3 Å². The second kappa shape index (κ2) is 8.87. The Morgan fingerprint density at radius 1 is 1.00 bits per heavy atom. The van der Waals surface area contributed by atoms with E-state index in [4.69, 9.17) is 9.47 Å². The van der Waals surface area contributed by atoms with Gasteiger partial charge in [0.25, 0.3) is 5.91 Å². The van der Waals surface area contributed by atoms with Crippen molar-refractivity contribution < 1.29 is 19.1 Å². The molecule has 0 N–H and O–H groups in total. The van der Waals surface area contributed by atoms with E-state index in [2.05, 4.69) is 0 Å². The molecule has 0 fully saturated rings. The first-order valence-electron chi connectivity index (χ1n) is 8.14. The predicted octanol–water partition coefficient (Wildman–Crippen LogP) is 3.46. The number of hydrogen-bond donors (Lipinski definition) is 0. The molecule has 2 aromatic carbocycles. The van der Waals surface area contributed by atoms with Crippen molar-refractivity contribution in [1.29, 1.82) is 0 Å². The Bertz CT molecular complexity index is 715. The van der Waals surface area contributed by atoms with Crippen LogP contribution in [0.5, 0.6) is 5.75 Å². The van der Waals surface area contributed by atoms with Crippen LogP contribution >= 0.6 is 0 Å². The molecule has 0 bridgehead atoms. The molecule has 0 aliphatic rings. The molecule has 2 aromatic rings. The highest BCUT2D eigenvalue weighted by Crippen LogP contribution is 2.26. The molecule has 1 atom stereocenters. The molecule has 0 saturated heterocycles. The summed E-state index contributed by atoms with van der Waals surface area (Å²) in [6, 6.07) is 16.6. The first-order chi connectivity index (χ1) is 12.1. The standard InChI is InChI=1S/C20H23NO4/c1-15(16-9-5-4-6-10-16)21(14-13-19(22)25-3)20(23)17-11-7-8-12-18(17)24-2/h4-12,15H,13-14H2,1-3H3. The van der Waals surface area contributed by atoms with E-state index in [1.807, 2.05) is 43.3 Å². The highest BCUT2D eigenvalue weighted by Gasteiger charge is 2.25. The van der Waals surface area contributed by atoms with Gasteiger partial charge in [0.15, 0.2) is 0 Å². The molecule has 0 heterocycles. The van der Waals surface area contributed by atoms with Crippen molar-refractivity contribution in [2.75, 3.05) is 20.8 Å². The number of rotatable bonds is 7. The summed E-state index contributed by atoms with van der Waals surface area (Å²) < 4.78 is 10.0. The lowest BCUT2D eigenvalue weighted by molar-refractivity contribution is -0.140. The molecule has 5 nitrogen and oxygen atoms in total. The zero-order valence-electron chi connectivity index (χ0n) is 14.8. The van der Waals surface area contributed by atoms with E-state index in [1.54, 1.807) is 23.1 Å². The molecular formula is C20H23NO4. The molecule has 25 heavy (non-hydrogen) atoms. The monoisotopic (exact) mass is 341 g/mol. The molecule has 0 radical (unpaired) electrons. The molecule has 5 heteroatoms. The van der Waals surface area contributed by atoms with Gasteiger partial charge in [0.05, 0.1) is 32.2 Å². The number of carbonyl (C=O) groups excluding carboxylic acids is 2. The smallest absolute Gasteiger partial charge is 0.307 e. The second-order valence-corrected chi connectivity index (χ2v) is 5.61. The summed E-state index contributed by atoms with van der Waals surface area (Å²) in [7, 11) is 2.88. The topological polar surface area (TPSA) is 55.8 Å². The molecule has 132 valence electrons. The molecule has 1 amide bonds. The molecular weight excluding hydrogens is 318 g/mol. The van der Waals surface area contributed by atoms with E-state index in [9.17, 15) is 9.59 Å². The fraction of sp³-hybridized carbons (Fsp3) is 0.300. The predicted molar refractivity (Wildman–Crippen MR) is 95.5 cm³/mol. The van der Waals surface area contributed by atoms with Crippen LogP contribution in [-0.4, -0.2) is 37.5 Å². The van der Waals surface area contributed by atoms with Gasteiger partial charge in [-0.1, -0.05) is 42.5 Å². The lowest BCUT2D eigenvalue weighted by Crippen LogP contribution is -2.35. The molecule has 0 aliphatic carbocycles. The Balaban J connectivity index is 2.33. The molecule has 2 rings (SSSR count). The van der Waals surface area contributed by atoms with Crippen molar-refractivity contribution in [3.8, 4) is 5.75 Å². The van der Waals surface area contributed by atoms with Gasteiger partial charge in [0.1, 0.15) is 5.75 Å². The van der Waals surface area contributed by atoms with Gasteiger partial charge in [-0.25, -0.2) is 0 Å². The summed E-state index contributed by atoms with van der Waals surface area (Å²) in [4.78, 5) is 26.4. The van der Waals surface area contributed by atoms with Gasteiger partial charge in [-0.15, -0.1) is 0 Å². The van der Waals surface area contributed by atoms with E-state index < -0.39 is 0 Å². The average molecular weight is 341 g/mol. The Morgan fingerprint density at radius 2 is 1.64 bits per heavy atom. The number of nitrogens with zero attached hydrogens (tertiary/aromatic N) is 1. The first-order valence-corrected chi connectivity index (χ1v) is 8.14. The number of ether oxygens (including phenoxy) is 2. The molecule has 0 saturated carbocycles. The Morgan fingerprint density at radius 3 is 2.28 bits per heavy atom. The third kappa shape index (κ3) is 4.59. The number of amides is 1. The molecule has 1 unspecified atom stereocenters. The highest BCUT2D eigenvalue weighted by molar-refractivity contribution is 5.97. The van der Waals surface area contributed by atoms with Gasteiger partial charge in [0, 0.05) is 6.54 Å². The van der Waals surface area contributed by atoms with Crippen LogP contribution in [0.1, 0.15) is 35.3 Å². The number of esters is 1. The number of carbonyl (C=O) groups is 2. The van der Waals surface area contributed by atoms with Crippen molar-refractivity contribution >= 4 is 11.9 Å². The van der Waals surface area contributed by atoms with Crippen LogP contribution in [0.2, 0.25) is 0 Å². The largest absolute Gasteiger partial charge is 0.496 e. The minimum atomic E-state index is -0.349. The first kappa shape index (κ1) is 18.5. The van der Waals surface area contributed by atoms with Gasteiger partial charge in [0.2, 0.25) is 0 Å². The fourth-order valence-corrected chi connectivity index (χ4v) is 2.67. The fourth-order valence-electron chi connectivity index (χ4n) is 2.67. The van der Waals surface area contributed by atoms with Gasteiger partial charge >= 0.3 is 5.97 Å². The van der Waals surface area contributed by atoms with Gasteiger partial charge in [-0.3, -0.25) is 9.59 Å². The van der Waals surface area contributed by atoms with Crippen molar-refractivity contribution in [3.63, 3.8) is 0 Å². The van der Waals surface area contributed by atoms with Gasteiger partial charge in [-0.2, -0.15) is 0 Å². The highest BCUT2D eigenvalue weighted by atomic mass is 16.5. The van der Waals surface area contributed by atoms with Crippen LogP contribution < -0.4 is 4.74 Å². The summed E-state index contributed by atoms with van der Waals surface area (Å²) in [6.45, 7) is 2.21. The van der Waals surface area contributed by atoms with Crippen molar-refractivity contribution in [2.45, 2.75) is 19.4 Å². The lowest BCUT2D eigenvalue weighted by atomic mass is 10.0. The van der Waals surface area contributed by atoms with Crippen LogP contribution in [0.15, 0.2) is 54.6 Å². The van der Waals surface area contributed by atoms with E-state index in [1.165, 1.54) is 14.2 Å². The van der Waals surface area contributed by atoms with Gasteiger partial charge in [-0.05, 0) is 24.6 Å². The van der Waals surface area contributed by atoms with E-state index in [0.717, 1.165) is 5.56 Å². The van der Waals surface area contributed by atoms with Crippen molar-refractivity contribution in [2.24, 2.45) is 0 Å². The normalized spacial score (nSPS) is 11.5. The summed E-state index contributed by atoms with van der Waals surface area (Å²) >= 11 is 0. The summed E-state index contributed by atoms with van der Waals surface area (Å²) in [6.07, 6.45) is 0.133. The quantitative estimate of drug-likeness (QED) is 0.724. The van der Waals surface area contributed by atoms with Gasteiger partial charge < -0.3 is 14.4 Å². The third-order valence-corrected chi connectivity index (χ3v) is 4.13. The minimum Gasteiger partial charge on any atom is -0.496 e. The number of methoxy groups -OCH3 is 2. The molecule has 0 aliphatic heterocycles. The summed E-state index contributed by atoms with van der Waals surface area (Å²) in [5, 5.41) is 0. The van der Waals surface area contributed by atoms with E-state index in [-0.39, 0.29) is 30.9 Å². The second-order valence-electron chi connectivity index (χ2n) is 5.61. The zero-order valence-corrected chi connectivity index (χ0v) is 14.8. The van der Waals surface area contributed by atoms with Crippen LogP contribution in [0.25, 0.3) is 0 Å². The van der Waals surface area contributed by atoms with Crippen molar-refractivity contribution in [3.05, 3.63) is 65.7 Å². The number of para-hydroxylation sites is 1. The maximum absolute atomic E-state index is 13.1. The summed E-state index contributed by atoms with van der Waals surface area (Å²) in [5.41, 5.74) is 1.47.